The van der Waals surface area contributed by atoms with Gasteiger partial charge in [-0.15, -0.1) is 0 Å². The summed E-state index contributed by atoms with van der Waals surface area (Å²) in [4.78, 5) is 29.8. The zero-order valence-electron chi connectivity index (χ0n) is 17.7. The topological polar surface area (TPSA) is 64.7 Å². The molecule has 0 radical (unpaired) electrons. The molecule has 2 N–H and O–H groups in total. The second-order valence-corrected chi connectivity index (χ2v) is 8.37. The largest absolute Gasteiger partial charge is 0.355 e. The number of piperidine rings is 1. The SMILES string of the molecule is CCCCNC(=O)N1C[C@H](C(=O)NCCN2CCCC2)C[C@@H](c2ccccc2)C1. The molecule has 2 saturated heterocycles. The number of likely N-dealkylation sites (tertiary alicyclic amines) is 2. The zero-order valence-corrected chi connectivity index (χ0v) is 17.7. The quantitative estimate of drug-likeness (QED) is 0.660. The van der Waals surface area contributed by atoms with Crippen molar-refractivity contribution in [2.24, 2.45) is 5.92 Å². The Balaban J connectivity index is 1.59. The van der Waals surface area contributed by atoms with E-state index in [2.05, 4.69) is 34.6 Å². The maximum absolute atomic E-state index is 12.9. The Kier molecular flexibility index (Phi) is 8.35. The Labute approximate surface area is 175 Å². The van der Waals surface area contributed by atoms with Crippen LogP contribution in [0.4, 0.5) is 4.79 Å². The molecule has 3 rings (SSSR count). The molecule has 2 aliphatic rings. The predicted octanol–water partition coefficient (Wildman–Crippen LogP) is 2.81. The van der Waals surface area contributed by atoms with Crippen LogP contribution >= 0.6 is 0 Å². The van der Waals surface area contributed by atoms with Crippen molar-refractivity contribution in [2.75, 3.05) is 45.8 Å². The smallest absolute Gasteiger partial charge is 0.317 e. The van der Waals surface area contributed by atoms with Gasteiger partial charge in [-0.3, -0.25) is 4.79 Å². The molecule has 0 aromatic heterocycles. The number of rotatable bonds is 8. The fourth-order valence-electron chi connectivity index (χ4n) is 4.39. The molecule has 29 heavy (non-hydrogen) atoms. The average molecular weight is 401 g/mol. The van der Waals surface area contributed by atoms with Crippen LogP contribution in [0.15, 0.2) is 30.3 Å². The van der Waals surface area contributed by atoms with Crippen LogP contribution in [0, 0.1) is 5.92 Å². The van der Waals surface area contributed by atoms with E-state index in [0.717, 1.165) is 38.9 Å². The zero-order chi connectivity index (χ0) is 20.5. The van der Waals surface area contributed by atoms with Crippen molar-refractivity contribution < 1.29 is 9.59 Å². The minimum Gasteiger partial charge on any atom is -0.355 e. The molecule has 6 nitrogen and oxygen atoms in total. The Morgan fingerprint density at radius 3 is 2.52 bits per heavy atom. The molecule has 2 heterocycles. The maximum atomic E-state index is 12.9. The summed E-state index contributed by atoms with van der Waals surface area (Å²) < 4.78 is 0. The molecule has 0 unspecified atom stereocenters. The van der Waals surface area contributed by atoms with Crippen molar-refractivity contribution in [1.82, 2.24) is 20.4 Å². The second-order valence-electron chi connectivity index (χ2n) is 8.37. The second kappa shape index (κ2) is 11.2. The van der Waals surface area contributed by atoms with Crippen LogP contribution in [-0.4, -0.2) is 67.6 Å². The number of benzene rings is 1. The number of hydrogen-bond acceptors (Lipinski definition) is 3. The van der Waals surface area contributed by atoms with E-state index in [0.29, 0.717) is 26.2 Å². The lowest BCUT2D eigenvalue weighted by molar-refractivity contribution is -0.126. The maximum Gasteiger partial charge on any atom is 0.317 e. The van der Waals surface area contributed by atoms with Gasteiger partial charge in [0, 0.05) is 38.6 Å². The van der Waals surface area contributed by atoms with E-state index in [4.69, 9.17) is 0 Å². The molecule has 2 fully saturated rings. The van der Waals surface area contributed by atoms with Crippen molar-refractivity contribution in [1.29, 1.82) is 0 Å². The molecular weight excluding hydrogens is 364 g/mol. The molecule has 160 valence electrons. The molecule has 0 aliphatic carbocycles. The summed E-state index contributed by atoms with van der Waals surface area (Å²) in [5, 5.41) is 6.14. The van der Waals surface area contributed by atoms with Crippen LogP contribution in [0.5, 0.6) is 0 Å². The number of hydrogen-bond donors (Lipinski definition) is 2. The van der Waals surface area contributed by atoms with Crippen LogP contribution in [-0.2, 0) is 4.79 Å². The number of carbonyl (C=O) groups excluding carboxylic acids is 2. The molecule has 0 saturated carbocycles. The fraction of sp³-hybridized carbons (Fsp3) is 0.652. The molecule has 0 bridgehead atoms. The summed E-state index contributed by atoms with van der Waals surface area (Å²) in [5.41, 5.74) is 1.20. The summed E-state index contributed by atoms with van der Waals surface area (Å²) in [6, 6.07) is 10.2. The van der Waals surface area contributed by atoms with Crippen LogP contribution in [0.1, 0.15) is 50.5 Å². The minimum atomic E-state index is -0.163. The number of carbonyl (C=O) groups is 2. The van der Waals surface area contributed by atoms with Gasteiger partial charge in [0.15, 0.2) is 0 Å². The number of amides is 3. The predicted molar refractivity (Wildman–Crippen MR) is 116 cm³/mol. The van der Waals surface area contributed by atoms with Gasteiger partial charge >= 0.3 is 6.03 Å². The van der Waals surface area contributed by atoms with Gasteiger partial charge in [0.2, 0.25) is 5.91 Å². The van der Waals surface area contributed by atoms with Crippen molar-refractivity contribution >= 4 is 11.9 Å². The lowest BCUT2D eigenvalue weighted by Gasteiger charge is -2.37. The number of nitrogens with zero attached hydrogens (tertiary/aromatic N) is 2. The third kappa shape index (κ3) is 6.46. The Hall–Kier alpha value is -2.08. The van der Waals surface area contributed by atoms with Gasteiger partial charge in [-0.2, -0.15) is 0 Å². The fourth-order valence-corrected chi connectivity index (χ4v) is 4.39. The van der Waals surface area contributed by atoms with E-state index in [9.17, 15) is 9.59 Å². The highest BCUT2D eigenvalue weighted by Crippen LogP contribution is 2.30. The van der Waals surface area contributed by atoms with Crippen molar-refractivity contribution in [3.63, 3.8) is 0 Å². The Morgan fingerprint density at radius 1 is 1.03 bits per heavy atom. The molecule has 2 atom stereocenters. The van der Waals surface area contributed by atoms with Crippen LogP contribution in [0.2, 0.25) is 0 Å². The van der Waals surface area contributed by atoms with E-state index < -0.39 is 0 Å². The average Bonchev–Trinajstić information content (AvgIpc) is 3.27. The highest BCUT2D eigenvalue weighted by Gasteiger charge is 2.34. The molecule has 0 spiro atoms. The number of nitrogens with one attached hydrogen (secondary N) is 2. The van der Waals surface area contributed by atoms with E-state index in [-0.39, 0.29) is 23.8 Å². The van der Waals surface area contributed by atoms with Gasteiger partial charge < -0.3 is 20.4 Å². The summed E-state index contributed by atoms with van der Waals surface area (Å²) in [5.74, 6) is 0.108. The summed E-state index contributed by atoms with van der Waals surface area (Å²) >= 11 is 0. The normalized spacial score (nSPS) is 22.4. The van der Waals surface area contributed by atoms with Gasteiger partial charge in [0.25, 0.3) is 0 Å². The van der Waals surface area contributed by atoms with Gasteiger partial charge in [0.1, 0.15) is 0 Å². The van der Waals surface area contributed by atoms with E-state index in [1.54, 1.807) is 0 Å². The van der Waals surface area contributed by atoms with Crippen LogP contribution < -0.4 is 10.6 Å². The molecule has 2 aliphatic heterocycles. The van der Waals surface area contributed by atoms with Crippen LogP contribution in [0.25, 0.3) is 0 Å². The molecular formula is C23H36N4O2. The molecule has 1 aromatic rings. The summed E-state index contributed by atoms with van der Waals surface area (Å²) in [7, 11) is 0. The summed E-state index contributed by atoms with van der Waals surface area (Å²) in [6.45, 7) is 7.85. The number of urea groups is 1. The lowest BCUT2D eigenvalue weighted by Crippen LogP contribution is -2.51. The van der Waals surface area contributed by atoms with Crippen LogP contribution in [0.3, 0.4) is 0 Å². The standard InChI is InChI=1S/C23H36N4O2/c1-2-3-11-25-23(29)27-17-20(19-9-5-4-6-10-19)16-21(18-27)22(28)24-12-15-26-13-7-8-14-26/h4-6,9-10,20-21H,2-3,7-8,11-18H2,1H3,(H,24,28)(H,25,29)/t20-,21-/m1/s1. The van der Waals surface area contributed by atoms with Gasteiger partial charge in [0.05, 0.1) is 5.92 Å². The lowest BCUT2D eigenvalue weighted by atomic mass is 9.84. The molecule has 1 aromatic carbocycles. The highest BCUT2D eigenvalue weighted by molar-refractivity contribution is 5.81. The molecule has 3 amide bonds. The van der Waals surface area contributed by atoms with E-state index in [1.165, 1.54) is 18.4 Å². The van der Waals surface area contributed by atoms with Gasteiger partial charge in [-0.05, 0) is 44.3 Å². The first kappa shape index (κ1) is 21.6. The Bertz CT molecular complexity index is 646. The summed E-state index contributed by atoms with van der Waals surface area (Å²) in [6.07, 6.45) is 5.34. The first-order valence-corrected chi connectivity index (χ1v) is 11.2. The van der Waals surface area contributed by atoms with E-state index >= 15 is 0 Å². The van der Waals surface area contributed by atoms with E-state index in [1.807, 2.05) is 23.1 Å². The number of unbranched alkanes of at least 4 members (excludes halogenated alkanes) is 1. The Morgan fingerprint density at radius 2 is 1.79 bits per heavy atom. The monoisotopic (exact) mass is 400 g/mol. The minimum absolute atomic E-state index is 0.0473. The first-order valence-electron chi connectivity index (χ1n) is 11.2. The van der Waals surface area contributed by atoms with Gasteiger partial charge in [-0.25, -0.2) is 4.79 Å². The van der Waals surface area contributed by atoms with Crippen molar-refractivity contribution in [3.05, 3.63) is 35.9 Å². The third-order valence-corrected chi connectivity index (χ3v) is 6.11. The molecule has 6 heteroatoms. The first-order chi connectivity index (χ1) is 14.2. The van der Waals surface area contributed by atoms with Gasteiger partial charge in [-0.1, -0.05) is 43.7 Å². The highest BCUT2D eigenvalue weighted by atomic mass is 16.2. The van der Waals surface area contributed by atoms with Crippen molar-refractivity contribution in [3.8, 4) is 0 Å². The third-order valence-electron chi connectivity index (χ3n) is 6.11. The van der Waals surface area contributed by atoms with Crippen molar-refractivity contribution in [2.45, 2.75) is 44.9 Å².